The predicted molar refractivity (Wildman–Crippen MR) is 77.0 cm³/mol. The zero-order valence-electron chi connectivity index (χ0n) is 12.0. The lowest BCUT2D eigenvalue weighted by atomic mass is 10.2. The summed E-state index contributed by atoms with van der Waals surface area (Å²) in [6, 6.07) is 1.12. The average Bonchev–Trinajstić information content (AvgIpc) is 2.45. The number of nitrogens with one attached hydrogen (secondary N) is 1. The van der Waals surface area contributed by atoms with Crippen molar-refractivity contribution in [2.45, 2.75) is 0 Å². The fraction of sp³-hybridized carbons (Fsp3) is 0.500. The Morgan fingerprint density at radius 1 is 1.57 bits per heavy atom. The number of hydrogen-bond acceptors (Lipinski definition) is 7. The Hall–Kier alpha value is -2.26. The molecule has 0 aliphatic carbocycles. The summed E-state index contributed by atoms with van der Waals surface area (Å²) in [5.41, 5.74) is 5.30. The van der Waals surface area contributed by atoms with Crippen LogP contribution in [0.25, 0.3) is 0 Å². The summed E-state index contributed by atoms with van der Waals surface area (Å²) >= 11 is 0. The number of carbonyl (C=O) groups excluding carboxylic acids is 1. The van der Waals surface area contributed by atoms with Crippen LogP contribution in [0.3, 0.4) is 0 Å². The summed E-state index contributed by atoms with van der Waals surface area (Å²) in [5, 5.41) is 13.3. The Balaban J connectivity index is 2.56. The van der Waals surface area contributed by atoms with Gasteiger partial charge in [0.2, 0.25) is 0 Å². The molecule has 0 unspecified atom stereocenters. The molecule has 1 aromatic rings. The van der Waals surface area contributed by atoms with Gasteiger partial charge in [-0.3, -0.25) is 14.9 Å². The number of pyridine rings is 1. The second kappa shape index (κ2) is 8.12. The van der Waals surface area contributed by atoms with Gasteiger partial charge in [0.25, 0.3) is 11.6 Å². The third-order valence-corrected chi connectivity index (χ3v) is 2.82. The molecule has 21 heavy (non-hydrogen) atoms. The van der Waals surface area contributed by atoms with Gasteiger partial charge in [0, 0.05) is 32.8 Å². The van der Waals surface area contributed by atoms with Crippen molar-refractivity contribution in [3.63, 3.8) is 0 Å². The molecular formula is C12H19N5O4. The number of aromatic nitrogens is 1. The maximum atomic E-state index is 11.9. The molecule has 0 saturated carbocycles. The molecule has 0 fully saturated rings. The van der Waals surface area contributed by atoms with Crippen LogP contribution in [0.15, 0.2) is 12.3 Å². The first-order chi connectivity index (χ1) is 9.95. The minimum absolute atomic E-state index is 0.00347. The average molecular weight is 297 g/mol. The summed E-state index contributed by atoms with van der Waals surface area (Å²) < 4.78 is 4.94. The summed E-state index contributed by atoms with van der Waals surface area (Å²) in [6.07, 6.45) is 1.02. The molecule has 0 aliphatic rings. The Labute approximate surface area is 122 Å². The van der Waals surface area contributed by atoms with Crippen molar-refractivity contribution in [2.75, 3.05) is 46.1 Å². The maximum Gasteiger partial charge on any atom is 0.288 e. The van der Waals surface area contributed by atoms with Gasteiger partial charge in [0.05, 0.1) is 17.1 Å². The first kappa shape index (κ1) is 16.8. The van der Waals surface area contributed by atoms with Crippen molar-refractivity contribution in [1.29, 1.82) is 0 Å². The van der Waals surface area contributed by atoms with Gasteiger partial charge in [-0.2, -0.15) is 0 Å². The molecule has 1 rings (SSSR count). The van der Waals surface area contributed by atoms with E-state index in [1.165, 1.54) is 0 Å². The monoisotopic (exact) mass is 297 g/mol. The molecular weight excluding hydrogens is 278 g/mol. The van der Waals surface area contributed by atoms with Gasteiger partial charge in [-0.25, -0.2) is 4.98 Å². The molecule has 1 heterocycles. The number of nitrogen functional groups attached to an aromatic ring is 1. The van der Waals surface area contributed by atoms with Gasteiger partial charge in [-0.1, -0.05) is 0 Å². The van der Waals surface area contributed by atoms with Gasteiger partial charge in [0.1, 0.15) is 12.0 Å². The van der Waals surface area contributed by atoms with Crippen LogP contribution in [0.4, 0.5) is 11.5 Å². The van der Waals surface area contributed by atoms with Gasteiger partial charge in [0.15, 0.2) is 0 Å². The normalized spacial score (nSPS) is 10.6. The number of carbonyl (C=O) groups is 1. The van der Waals surface area contributed by atoms with Gasteiger partial charge >= 0.3 is 0 Å². The topological polar surface area (TPSA) is 124 Å². The van der Waals surface area contributed by atoms with Gasteiger partial charge in [-0.05, 0) is 7.05 Å². The van der Waals surface area contributed by atoms with E-state index in [1.54, 1.807) is 7.11 Å². The minimum atomic E-state index is -0.623. The van der Waals surface area contributed by atoms with E-state index in [2.05, 4.69) is 10.3 Å². The van der Waals surface area contributed by atoms with Gasteiger partial charge in [-0.15, -0.1) is 0 Å². The zero-order valence-corrected chi connectivity index (χ0v) is 12.0. The number of methoxy groups -OCH3 is 1. The third-order valence-electron chi connectivity index (χ3n) is 2.82. The number of nitro groups is 1. The van der Waals surface area contributed by atoms with Crippen LogP contribution >= 0.6 is 0 Å². The van der Waals surface area contributed by atoms with Crippen LogP contribution in [-0.4, -0.2) is 61.1 Å². The highest BCUT2D eigenvalue weighted by atomic mass is 16.6. The van der Waals surface area contributed by atoms with Crippen LogP contribution in [0, 0.1) is 10.1 Å². The molecule has 0 spiro atoms. The first-order valence-electron chi connectivity index (χ1n) is 6.31. The number of rotatable bonds is 8. The summed E-state index contributed by atoms with van der Waals surface area (Å²) in [7, 11) is 3.52. The van der Waals surface area contributed by atoms with E-state index in [9.17, 15) is 14.9 Å². The van der Waals surface area contributed by atoms with E-state index >= 15 is 0 Å². The summed E-state index contributed by atoms with van der Waals surface area (Å²) in [6.45, 7) is 2.36. The van der Waals surface area contributed by atoms with E-state index in [1.807, 2.05) is 11.9 Å². The molecule has 0 saturated heterocycles. The number of nitrogens with zero attached hydrogens (tertiary/aromatic N) is 3. The lowest BCUT2D eigenvalue weighted by molar-refractivity contribution is -0.385. The van der Waals surface area contributed by atoms with Crippen molar-refractivity contribution in [2.24, 2.45) is 0 Å². The summed E-state index contributed by atoms with van der Waals surface area (Å²) in [4.78, 5) is 27.6. The van der Waals surface area contributed by atoms with Crippen LogP contribution < -0.4 is 11.1 Å². The minimum Gasteiger partial charge on any atom is -0.383 e. The second-order valence-corrected chi connectivity index (χ2v) is 4.44. The fourth-order valence-corrected chi connectivity index (χ4v) is 1.56. The van der Waals surface area contributed by atoms with Gasteiger partial charge < -0.3 is 20.7 Å². The summed E-state index contributed by atoms with van der Waals surface area (Å²) in [5.74, 6) is -0.519. The molecule has 0 atom stereocenters. The lowest BCUT2D eigenvalue weighted by Gasteiger charge is -2.16. The highest BCUT2D eigenvalue weighted by Gasteiger charge is 2.16. The smallest absolute Gasteiger partial charge is 0.288 e. The molecule has 0 aromatic carbocycles. The maximum absolute atomic E-state index is 11.9. The lowest BCUT2D eigenvalue weighted by Crippen LogP contribution is -2.34. The number of nitrogens with two attached hydrogens (primary N) is 1. The molecule has 1 aromatic heterocycles. The largest absolute Gasteiger partial charge is 0.383 e. The highest BCUT2D eigenvalue weighted by molar-refractivity contribution is 5.98. The molecule has 3 N–H and O–H groups in total. The molecule has 0 radical (unpaired) electrons. The van der Waals surface area contributed by atoms with E-state index in [0.717, 1.165) is 18.8 Å². The molecule has 116 valence electrons. The van der Waals surface area contributed by atoms with Crippen molar-refractivity contribution in [3.8, 4) is 0 Å². The number of ether oxygens (including phenoxy) is 1. The predicted octanol–water partition coefficient (Wildman–Crippen LogP) is -0.120. The molecule has 1 amide bonds. The molecule has 0 aliphatic heterocycles. The fourth-order valence-electron chi connectivity index (χ4n) is 1.56. The Morgan fingerprint density at radius 2 is 2.29 bits per heavy atom. The zero-order chi connectivity index (χ0) is 15.8. The molecule has 9 nitrogen and oxygen atoms in total. The first-order valence-corrected chi connectivity index (χ1v) is 6.31. The Morgan fingerprint density at radius 3 is 2.90 bits per heavy atom. The Kier molecular flexibility index (Phi) is 6.50. The van der Waals surface area contributed by atoms with Crippen LogP contribution in [0.5, 0.6) is 0 Å². The van der Waals surface area contributed by atoms with Crippen molar-refractivity contribution in [3.05, 3.63) is 27.9 Å². The molecule has 9 heteroatoms. The van der Waals surface area contributed by atoms with Crippen LogP contribution in [-0.2, 0) is 4.74 Å². The van der Waals surface area contributed by atoms with E-state index < -0.39 is 10.8 Å². The highest BCUT2D eigenvalue weighted by Crippen LogP contribution is 2.16. The van der Waals surface area contributed by atoms with Crippen molar-refractivity contribution in [1.82, 2.24) is 15.2 Å². The van der Waals surface area contributed by atoms with E-state index in [0.29, 0.717) is 19.7 Å². The number of hydrogen-bond donors (Lipinski definition) is 2. The quantitative estimate of drug-likeness (QED) is 0.506. The van der Waals surface area contributed by atoms with Crippen LogP contribution in [0.1, 0.15) is 10.4 Å². The van der Waals surface area contributed by atoms with Crippen LogP contribution in [0.2, 0.25) is 0 Å². The third kappa shape index (κ3) is 5.32. The van der Waals surface area contributed by atoms with Crippen molar-refractivity contribution >= 4 is 17.4 Å². The van der Waals surface area contributed by atoms with Crippen molar-refractivity contribution < 1.29 is 14.5 Å². The second-order valence-electron chi connectivity index (χ2n) is 4.44. The SMILES string of the molecule is COCCN(C)CCNC(=O)c1cc([N+](=O)[O-])cnc1N. The molecule has 0 bridgehead atoms. The van der Waals surface area contributed by atoms with E-state index in [-0.39, 0.29) is 17.1 Å². The number of anilines is 1. The number of amides is 1. The standard InChI is InChI=1S/C12H19N5O4/c1-16(5-6-21-2)4-3-14-12(18)10-7-9(17(19)20)8-15-11(10)13/h7-8H,3-6H2,1-2H3,(H2,13,15)(H,14,18). The van der Waals surface area contributed by atoms with E-state index in [4.69, 9.17) is 10.5 Å². The Bertz CT molecular complexity index is 508. The number of likely N-dealkylation sites (N-methyl/N-ethyl adjacent to an activating group) is 1.